The molecule has 3 aromatic carbocycles. The second-order valence-electron chi connectivity index (χ2n) is 13.4. The smallest absolute Gasteiger partial charge is 0.417 e. The number of amides is 1. The number of benzene rings is 3. The molecule has 1 fully saturated rings. The summed E-state index contributed by atoms with van der Waals surface area (Å²) in [5.74, 6) is -0.125. The van der Waals surface area contributed by atoms with Crippen LogP contribution in [0.3, 0.4) is 0 Å². The first kappa shape index (κ1) is 32.5. The molecular weight excluding hydrogens is 613 g/mol. The lowest BCUT2D eigenvalue weighted by Gasteiger charge is -2.45. The summed E-state index contributed by atoms with van der Waals surface area (Å²) >= 11 is 0. The van der Waals surface area contributed by atoms with Crippen molar-refractivity contribution < 1.29 is 36.7 Å². The summed E-state index contributed by atoms with van der Waals surface area (Å²) in [6.45, 7) is 10.7. The van der Waals surface area contributed by atoms with Gasteiger partial charge in [0.1, 0.15) is 11.1 Å². The molecule has 0 radical (unpaired) electrons. The minimum atomic E-state index is -4.47. The minimum Gasteiger partial charge on any atom is -0.444 e. The summed E-state index contributed by atoms with van der Waals surface area (Å²) in [7, 11) is 0. The van der Waals surface area contributed by atoms with Crippen LogP contribution in [0.15, 0.2) is 71.3 Å². The summed E-state index contributed by atoms with van der Waals surface area (Å²) in [6.07, 6.45) is -4.31. The molecule has 1 aromatic heterocycles. The van der Waals surface area contributed by atoms with Gasteiger partial charge in [-0.05, 0) is 82.0 Å². The van der Waals surface area contributed by atoms with Gasteiger partial charge in [0.05, 0.1) is 18.8 Å². The van der Waals surface area contributed by atoms with E-state index in [1.165, 1.54) is 12.1 Å². The van der Waals surface area contributed by atoms with Crippen molar-refractivity contribution in [3.05, 3.63) is 77.9 Å². The molecule has 248 valence electrons. The average Bonchev–Trinajstić information content (AvgIpc) is 3.65. The topological polar surface area (TPSA) is 99.0 Å². The predicted molar refractivity (Wildman–Crippen MR) is 170 cm³/mol. The maximum Gasteiger partial charge on any atom is 0.417 e. The lowest BCUT2D eigenvalue weighted by atomic mass is 9.98. The van der Waals surface area contributed by atoms with Crippen molar-refractivity contribution in [1.29, 1.82) is 0 Å². The Bertz CT molecular complexity index is 1750. The first-order valence-electron chi connectivity index (χ1n) is 15.4. The Morgan fingerprint density at radius 2 is 1.60 bits per heavy atom. The number of halogens is 3. The summed E-state index contributed by atoms with van der Waals surface area (Å²) in [5, 5.41) is 7.27. The Morgan fingerprint density at radius 3 is 2.28 bits per heavy atom. The number of hydrogen-bond donors (Lipinski definition) is 1. The molecule has 1 amide bonds. The molecule has 0 atom stereocenters. The molecule has 3 heterocycles. The third-order valence-electron chi connectivity index (χ3n) is 8.12. The maximum atomic E-state index is 13.6. The van der Waals surface area contributed by atoms with Gasteiger partial charge in [0.2, 0.25) is 5.82 Å². The lowest BCUT2D eigenvalue weighted by Crippen LogP contribution is -2.66. The lowest BCUT2D eigenvalue weighted by molar-refractivity contribution is -0.269. The maximum absolute atomic E-state index is 13.6. The molecule has 2 aliphatic rings. The van der Waals surface area contributed by atoms with E-state index >= 15 is 0 Å². The van der Waals surface area contributed by atoms with Gasteiger partial charge < -0.3 is 29.0 Å². The number of anilines is 1. The fourth-order valence-corrected chi connectivity index (χ4v) is 5.89. The van der Waals surface area contributed by atoms with Gasteiger partial charge in [-0.15, -0.1) is 0 Å². The summed E-state index contributed by atoms with van der Waals surface area (Å²) in [6, 6.07) is 17.9. The van der Waals surface area contributed by atoms with Crippen molar-refractivity contribution in [2.24, 2.45) is 0 Å². The van der Waals surface area contributed by atoms with E-state index in [0.29, 0.717) is 36.5 Å². The normalized spacial score (nSPS) is 17.3. The molecule has 0 aliphatic carbocycles. The van der Waals surface area contributed by atoms with Crippen LogP contribution in [0, 0.1) is 0 Å². The fourth-order valence-electron chi connectivity index (χ4n) is 5.89. The zero-order valence-electron chi connectivity index (χ0n) is 26.9. The molecule has 6 rings (SSSR count). The molecule has 1 saturated heterocycles. The fraction of sp³-hybridized carbons (Fsp3) is 0.400. The number of aromatic nitrogens is 2. The van der Waals surface area contributed by atoms with Gasteiger partial charge in [-0.3, -0.25) is 0 Å². The van der Waals surface area contributed by atoms with Gasteiger partial charge in [0.15, 0.2) is 5.79 Å². The van der Waals surface area contributed by atoms with Gasteiger partial charge >= 0.3 is 12.3 Å². The van der Waals surface area contributed by atoms with Crippen LogP contribution in [-0.4, -0.2) is 59.5 Å². The number of nitrogens with zero attached hydrogens (tertiary/aromatic N) is 3. The van der Waals surface area contributed by atoms with Crippen LogP contribution in [-0.2, 0) is 26.8 Å². The van der Waals surface area contributed by atoms with Crippen molar-refractivity contribution in [1.82, 2.24) is 15.5 Å². The van der Waals surface area contributed by atoms with Crippen LogP contribution in [0.4, 0.5) is 23.7 Å². The van der Waals surface area contributed by atoms with Gasteiger partial charge in [-0.25, -0.2) is 4.79 Å². The molecule has 0 bridgehead atoms. The standard InChI is InChI=1S/C35H37F3N4O5/c1-32(2,3)46-31(43)40-34(20-44-33(4,5)45-21-34)19-42-18-17-25-26(10-8-12-28(25)42)29-39-30(47-41-29)23-15-13-22(14-16-23)24-9-6-7-11-27(24)35(36,37)38/h6-16H,17-21H2,1-5H3,(H,40,43). The van der Waals surface area contributed by atoms with Gasteiger partial charge in [0, 0.05) is 29.9 Å². The quantitative estimate of drug-likeness (QED) is 0.229. The first-order chi connectivity index (χ1) is 22.1. The number of alkyl carbamates (subject to hydrolysis) is 1. The Kier molecular flexibility index (Phi) is 8.29. The number of fused-ring (bicyclic) bond motifs is 1. The van der Waals surface area contributed by atoms with E-state index < -0.39 is 34.8 Å². The van der Waals surface area contributed by atoms with Crippen LogP contribution >= 0.6 is 0 Å². The first-order valence-corrected chi connectivity index (χ1v) is 15.4. The van der Waals surface area contributed by atoms with Gasteiger partial charge in [-0.2, -0.15) is 18.2 Å². The highest BCUT2D eigenvalue weighted by Gasteiger charge is 2.44. The van der Waals surface area contributed by atoms with Crippen LogP contribution < -0.4 is 10.2 Å². The summed E-state index contributed by atoms with van der Waals surface area (Å²) in [5.41, 5.74) is 1.70. The van der Waals surface area contributed by atoms with E-state index in [-0.39, 0.29) is 24.7 Å². The largest absolute Gasteiger partial charge is 0.444 e. The molecule has 4 aromatic rings. The van der Waals surface area contributed by atoms with Crippen molar-refractivity contribution >= 4 is 11.8 Å². The van der Waals surface area contributed by atoms with Crippen LogP contribution in [0.2, 0.25) is 0 Å². The van der Waals surface area contributed by atoms with Crippen molar-refractivity contribution in [2.45, 2.75) is 64.1 Å². The van der Waals surface area contributed by atoms with Crippen LogP contribution in [0.25, 0.3) is 34.0 Å². The highest BCUT2D eigenvalue weighted by Crippen LogP contribution is 2.39. The Morgan fingerprint density at radius 1 is 0.936 bits per heavy atom. The molecule has 47 heavy (non-hydrogen) atoms. The predicted octanol–water partition coefficient (Wildman–Crippen LogP) is 7.50. The van der Waals surface area contributed by atoms with Crippen molar-refractivity contribution in [3.8, 4) is 34.0 Å². The third-order valence-corrected chi connectivity index (χ3v) is 8.12. The molecule has 9 nitrogen and oxygen atoms in total. The zero-order valence-corrected chi connectivity index (χ0v) is 26.9. The highest BCUT2D eigenvalue weighted by molar-refractivity contribution is 5.75. The Labute approximate surface area is 271 Å². The minimum absolute atomic E-state index is 0.0975. The second-order valence-corrected chi connectivity index (χ2v) is 13.4. The SMILES string of the molecule is CC(C)(C)OC(=O)NC1(CN2CCc3c(-c4noc(-c5ccc(-c6ccccc6C(F)(F)F)cc5)n4)cccc32)COC(C)(C)OC1. The highest BCUT2D eigenvalue weighted by atomic mass is 19.4. The van der Waals surface area contributed by atoms with E-state index in [0.717, 1.165) is 22.9 Å². The van der Waals surface area contributed by atoms with Gasteiger partial charge in [-0.1, -0.05) is 47.6 Å². The van der Waals surface area contributed by atoms with E-state index in [2.05, 4.69) is 20.4 Å². The number of ether oxygens (including phenoxy) is 3. The number of carbonyl (C=O) groups excluding carboxylic acids is 1. The van der Waals surface area contributed by atoms with Crippen molar-refractivity contribution in [3.63, 3.8) is 0 Å². The van der Waals surface area contributed by atoms with Crippen LogP contribution in [0.5, 0.6) is 0 Å². The molecule has 0 spiro atoms. The van der Waals surface area contributed by atoms with E-state index in [4.69, 9.17) is 18.7 Å². The number of nitrogens with one attached hydrogen (secondary N) is 1. The number of carbonyl (C=O) groups is 1. The molecule has 0 saturated carbocycles. The molecule has 1 N–H and O–H groups in total. The molecule has 0 unspecified atom stereocenters. The van der Waals surface area contributed by atoms with Gasteiger partial charge in [0.25, 0.3) is 5.89 Å². The van der Waals surface area contributed by atoms with Crippen molar-refractivity contribution in [2.75, 3.05) is 31.2 Å². The zero-order chi connectivity index (χ0) is 33.6. The molecule has 12 heteroatoms. The number of hydrogen-bond acceptors (Lipinski definition) is 8. The third kappa shape index (κ3) is 7.13. The number of rotatable bonds is 6. The Hall–Kier alpha value is -4.42. The number of alkyl halides is 3. The van der Waals surface area contributed by atoms with Crippen LogP contribution in [0.1, 0.15) is 45.7 Å². The van der Waals surface area contributed by atoms with E-state index in [9.17, 15) is 18.0 Å². The molecular formula is C35H37F3N4O5. The van der Waals surface area contributed by atoms with E-state index in [1.54, 1.807) is 30.3 Å². The second kappa shape index (κ2) is 12.0. The average molecular weight is 651 g/mol. The Balaban J connectivity index is 1.23. The summed E-state index contributed by atoms with van der Waals surface area (Å²) < 4.78 is 63.8. The monoisotopic (exact) mass is 650 g/mol. The molecule has 2 aliphatic heterocycles. The van der Waals surface area contributed by atoms with E-state index in [1.807, 2.05) is 52.8 Å². The summed E-state index contributed by atoms with van der Waals surface area (Å²) in [4.78, 5) is 19.7.